The van der Waals surface area contributed by atoms with Crippen LogP contribution in [0.5, 0.6) is 0 Å². The Morgan fingerprint density at radius 3 is 2.42 bits per heavy atom. The SMILES string of the molecule is CCOC(=O)C(CC)N1CCN(Cc2ccc(F)cc2)C(=O)C1=O. The molecule has 0 bridgehead atoms. The number of hydrogen-bond acceptors (Lipinski definition) is 4. The maximum absolute atomic E-state index is 12.9. The second kappa shape index (κ2) is 7.90. The zero-order valence-electron chi connectivity index (χ0n) is 13.8. The van der Waals surface area contributed by atoms with E-state index in [1.807, 2.05) is 0 Å². The van der Waals surface area contributed by atoms with E-state index in [0.29, 0.717) is 13.0 Å². The van der Waals surface area contributed by atoms with Gasteiger partial charge in [-0.1, -0.05) is 19.1 Å². The summed E-state index contributed by atoms with van der Waals surface area (Å²) < 4.78 is 17.9. The van der Waals surface area contributed by atoms with Crippen LogP contribution in [0.15, 0.2) is 24.3 Å². The Kier molecular flexibility index (Phi) is 5.89. The van der Waals surface area contributed by atoms with E-state index in [1.54, 1.807) is 26.0 Å². The first-order chi connectivity index (χ1) is 11.5. The first kappa shape index (κ1) is 17.9. The molecule has 0 saturated carbocycles. The molecule has 24 heavy (non-hydrogen) atoms. The fourth-order valence-electron chi connectivity index (χ4n) is 2.70. The minimum Gasteiger partial charge on any atom is -0.464 e. The molecule has 2 amide bonds. The lowest BCUT2D eigenvalue weighted by Gasteiger charge is -2.37. The molecule has 130 valence electrons. The van der Waals surface area contributed by atoms with E-state index in [1.165, 1.54) is 21.9 Å². The van der Waals surface area contributed by atoms with Crippen molar-refractivity contribution in [2.75, 3.05) is 19.7 Å². The van der Waals surface area contributed by atoms with Crippen molar-refractivity contribution in [3.05, 3.63) is 35.6 Å². The van der Waals surface area contributed by atoms with Gasteiger partial charge in [0.25, 0.3) is 0 Å². The van der Waals surface area contributed by atoms with Crippen LogP contribution in [0.4, 0.5) is 4.39 Å². The van der Waals surface area contributed by atoms with Crippen molar-refractivity contribution in [1.29, 1.82) is 0 Å². The Morgan fingerprint density at radius 2 is 1.83 bits per heavy atom. The van der Waals surface area contributed by atoms with E-state index in [4.69, 9.17) is 4.74 Å². The molecular formula is C17H21FN2O4. The Bertz CT molecular complexity index is 618. The van der Waals surface area contributed by atoms with Crippen LogP contribution in [0.25, 0.3) is 0 Å². The van der Waals surface area contributed by atoms with E-state index in [-0.39, 0.29) is 25.5 Å². The summed E-state index contributed by atoms with van der Waals surface area (Å²) in [6, 6.07) is 5.03. The number of piperazine rings is 1. The second-order valence-corrected chi connectivity index (χ2v) is 5.53. The monoisotopic (exact) mass is 336 g/mol. The summed E-state index contributed by atoms with van der Waals surface area (Å²) in [5, 5.41) is 0. The lowest BCUT2D eigenvalue weighted by atomic mass is 10.1. The third-order valence-electron chi connectivity index (χ3n) is 3.95. The summed E-state index contributed by atoms with van der Waals surface area (Å²) in [4.78, 5) is 39.3. The van der Waals surface area contributed by atoms with E-state index < -0.39 is 23.8 Å². The molecule has 1 aromatic rings. The summed E-state index contributed by atoms with van der Waals surface area (Å²) in [6.45, 7) is 4.50. The summed E-state index contributed by atoms with van der Waals surface area (Å²) >= 11 is 0. The molecule has 0 radical (unpaired) electrons. The predicted molar refractivity (Wildman–Crippen MR) is 84.2 cm³/mol. The van der Waals surface area contributed by atoms with Crippen LogP contribution >= 0.6 is 0 Å². The molecule has 1 atom stereocenters. The molecule has 6 nitrogen and oxygen atoms in total. The number of halogens is 1. The average Bonchev–Trinajstić information content (AvgIpc) is 2.57. The molecule has 1 aliphatic rings. The lowest BCUT2D eigenvalue weighted by Crippen LogP contribution is -2.58. The minimum atomic E-state index is -0.741. The van der Waals surface area contributed by atoms with Gasteiger partial charge in [0.05, 0.1) is 6.61 Å². The van der Waals surface area contributed by atoms with Crippen molar-refractivity contribution in [2.45, 2.75) is 32.9 Å². The molecule has 1 aliphatic heterocycles. The number of carbonyl (C=O) groups excluding carboxylic acids is 3. The Hall–Kier alpha value is -2.44. The highest BCUT2D eigenvalue weighted by atomic mass is 19.1. The average molecular weight is 336 g/mol. The van der Waals surface area contributed by atoms with Crippen molar-refractivity contribution in [2.24, 2.45) is 0 Å². The summed E-state index contributed by atoms with van der Waals surface area (Å²) in [7, 11) is 0. The van der Waals surface area contributed by atoms with Gasteiger partial charge in [0.2, 0.25) is 0 Å². The zero-order chi connectivity index (χ0) is 17.7. The fraction of sp³-hybridized carbons (Fsp3) is 0.471. The van der Waals surface area contributed by atoms with Crippen LogP contribution in [-0.2, 0) is 25.7 Å². The number of nitrogens with zero attached hydrogens (tertiary/aromatic N) is 2. The smallest absolute Gasteiger partial charge is 0.328 e. The highest BCUT2D eigenvalue weighted by Crippen LogP contribution is 2.16. The van der Waals surface area contributed by atoms with E-state index in [9.17, 15) is 18.8 Å². The van der Waals surface area contributed by atoms with Gasteiger partial charge >= 0.3 is 17.8 Å². The maximum atomic E-state index is 12.9. The van der Waals surface area contributed by atoms with Gasteiger partial charge < -0.3 is 14.5 Å². The zero-order valence-corrected chi connectivity index (χ0v) is 13.8. The summed E-state index contributed by atoms with van der Waals surface area (Å²) in [5.41, 5.74) is 0.739. The van der Waals surface area contributed by atoms with Crippen molar-refractivity contribution in [3.63, 3.8) is 0 Å². The molecule has 1 aromatic carbocycles. The van der Waals surface area contributed by atoms with Crippen LogP contribution in [0.3, 0.4) is 0 Å². The van der Waals surface area contributed by atoms with E-state index in [0.717, 1.165) is 5.56 Å². The molecule has 2 rings (SSSR count). The first-order valence-corrected chi connectivity index (χ1v) is 7.98. The number of amides is 2. The fourth-order valence-corrected chi connectivity index (χ4v) is 2.70. The second-order valence-electron chi connectivity index (χ2n) is 5.53. The Labute approximate surface area is 140 Å². The van der Waals surface area contributed by atoms with Gasteiger partial charge in [-0.05, 0) is 31.0 Å². The molecule has 0 N–H and O–H groups in total. The van der Waals surface area contributed by atoms with E-state index in [2.05, 4.69) is 0 Å². The van der Waals surface area contributed by atoms with Gasteiger partial charge in [-0.3, -0.25) is 9.59 Å². The number of ether oxygens (including phenoxy) is 1. The molecule has 0 spiro atoms. The molecule has 7 heteroatoms. The standard InChI is InChI=1S/C17H21FN2O4/c1-3-14(17(23)24-4-2)20-10-9-19(15(21)16(20)22)11-12-5-7-13(18)8-6-12/h5-8,14H,3-4,9-11H2,1-2H3. The van der Waals surface area contributed by atoms with Crippen LogP contribution in [0, 0.1) is 5.82 Å². The van der Waals surface area contributed by atoms with Crippen LogP contribution in [0.2, 0.25) is 0 Å². The molecule has 0 aromatic heterocycles. The van der Waals surface area contributed by atoms with Crippen molar-refractivity contribution >= 4 is 17.8 Å². The summed E-state index contributed by atoms with van der Waals surface area (Å²) in [6.07, 6.45) is 0.385. The van der Waals surface area contributed by atoms with Gasteiger partial charge in [-0.2, -0.15) is 0 Å². The molecule has 1 unspecified atom stereocenters. The molecule has 1 saturated heterocycles. The van der Waals surface area contributed by atoms with Gasteiger partial charge in [0.15, 0.2) is 0 Å². The van der Waals surface area contributed by atoms with Gasteiger partial charge in [-0.25, -0.2) is 9.18 Å². The van der Waals surface area contributed by atoms with Crippen molar-refractivity contribution < 1.29 is 23.5 Å². The maximum Gasteiger partial charge on any atom is 0.328 e. The highest BCUT2D eigenvalue weighted by Gasteiger charge is 2.38. The molecule has 1 heterocycles. The number of benzene rings is 1. The normalized spacial score (nSPS) is 16.3. The van der Waals surface area contributed by atoms with Gasteiger partial charge in [0.1, 0.15) is 11.9 Å². The third kappa shape index (κ3) is 3.90. The largest absolute Gasteiger partial charge is 0.464 e. The third-order valence-corrected chi connectivity index (χ3v) is 3.95. The quantitative estimate of drug-likeness (QED) is 0.581. The minimum absolute atomic E-state index is 0.224. The van der Waals surface area contributed by atoms with E-state index >= 15 is 0 Å². The van der Waals surface area contributed by atoms with Crippen LogP contribution < -0.4 is 0 Å². The molecule has 1 fully saturated rings. The number of carbonyl (C=O) groups is 3. The van der Waals surface area contributed by atoms with Crippen molar-refractivity contribution in [1.82, 2.24) is 9.80 Å². The molecular weight excluding hydrogens is 315 g/mol. The number of hydrogen-bond donors (Lipinski definition) is 0. The van der Waals surface area contributed by atoms with Crippen LogP contribution in [0.1, 0.15) is 25.8 Å². The Balaban J connectivity index is 2.05. The van der Waals surface area contributed by atoms with Gasteiger partial charge in [0, 0.05) is 19.6 Å². The van der Waals surface area contributed by atoms with Crippen molar-refractivity contribution in [3.8, 4) is 0 Å². The lowest BCUT2D eigenvalue weighted by molar-refractivity contribution is -0.164. The predicted octanol–water partition coefficient (Wildman–Crippen LogP) is 1.34. The highest BCUT2D eigenvalue weighted by molar-refractivity contribution is 6.35. The molecule has 0 aliphatic carbocycles. The first-order valence-electron chi connectivity index (χ1n) is 7.98. The Morgan fingerprint density at radius 1 is 1.17 bits per heavy atom. The topological polar surface area (TPSA) is 66.9 Å². The summed E-state index contributed by atoms with van der Waals surface area (Å²) in [5.74, 6) is -2.21. The number of esters is 1. The van der Waals surface area contributed by atoms with Crippen LogP contribution in [-0.4, -0.2) is 53.3 Å². The van der Waals surface area contributed by atoms with Gasteiger partial charge in [-0.15, -0.1) is 0 Å². The number of rotatable bonds is 6.